The maximum absolute atomic E-state index is 11.4. The standard InChI is InChI=1S/C3HF9S/c4-2(5,6)1(3(7,8)9)13(10,11)12/h1H. The van der Waals surface area contributed by atoms with E-state index in [4.69, 9.17) is 0 Å². The van der Waals surface area contributed by atoms with Gasteiger partial charge in [-0.3, -0.25) is 0 Å². The molecule has 82 valence electrons. The van der Waals surface area contributed by atoms with Crippen molar-refractivity contribution in [3.05, 3.63) is 0 Å². The average Bonchev–Trinajstić information content (AvgIpc) is 1.44. The van der Waals surface area contributed by atoms with Crippen LogP contribution in [-0.2, 0) is 0 Å². The Morgan fingerprint density at radius 1 is 0.692 bits per heavy atom. The maximum Gasteiger partial charge on any atom is 0.415 e. The molecule has 0 nitrogen and oxygen atoms in total. The summed E-state index contributed by atoms with van der Waals surface area (Å²) in [5, 5.41) is -5.19. The minimum Gasteiger partial charge on any atom is -0.169 e. The SMILES string of the molecule is FC(F)(F)C(C(F)(F)F)S(F)(F)F. The second-order valence-electron chi connectivity index (χ2n) is 1.91. The highest BCUT2D eigenvalue weighted by Gasteiger charge is 2.67. The molecule has 0 rings (SSSR count). The quantitative estimate of drug-likeness (QED) is 0.609. The lowest BCUT2D eigenvalue weighted by molar-refractivity contribution is -0.227. The van der Waals surface area contributed by atoms with E-state index in [2.05, 4.69) is 0 Å². The van der Waals surface area contributed by atoms with Gasteiger partial charge in [-0.25, -0.2) is 0 Å². The van der Waals surface area contributed by atoms with Crippen LogP contribution in [0.25, 0.3) is 0 Å². The van der Waals surface area contributed by atoms with E-state index < -0.39 is 28.8 Å². The third kappa shape index (κ3) is 3.53. The monoisotopic (exact) mass is 240 g/mol. The van der Waals surface area contributed by atoms with Gasteiger partial charge in [-0.15, -0.1) is 11.7 Å². The highest BCUT2D eigenvalue weighted by molar-refractivity contribution is 8.21. The molecule has 0 N–H and O–H groups in total. The van der Waals surface area contributed by atoms with Gasteiger partial charge < -0.3 is 0 Å². The van der Waals surface area contributed by atoms with Gasteiger partial charge in [0, 0.05) is 0 Å². The van der Waals surface area contributed by atoms with Gasteiger partial charge in [-0.1, -0.05) is 0 Å². The van der Waals surface area contributed by atoms with E-state index in [0.29, 0.717) is 0 Å². The number of alkyl halides is 6. The number of hydrogen-bond donors (Lipinski definition) is 0. The topological polar surface area (TPSA) is 0 Å². The maximum atomic E-state index is 11.4. The Balaban J connectivity index is 5.02. The Kier molecular flexibility index (Phi) is 3.07. The summed E-state index contributed by atoms with van der Waals surface area (Å²) in [7, 11) is 0. The van der Waals surface area contributed by atoms with Gasteiger partial charge in [-0.2, -0.15) is 26.3 Å². The molecule has 0 aromatic carbocycles. The van der Waals surface area contributed by atoms with E-state index >= 15 is 0 Å². The molecule has 0 atom stereocenters. The first-order valence-electron chi connectivity index (χ1n) is 2.41. The zero-order valence-electron chi connectivity index (χ0n) is 5.39. The number of halogens is 9. The zero-order valence-corrected chi connectivity index (χ0v) is 6.20. The van der Waals surface area contributed by atoms with Crippen molar-refractivity contribution in [1.82, 2.24) is 0 Å². The minimum absolute atomic E-state index is 5.19. The minimum atomic E-state index is -7.23. The van der Waals surface area contributed by atoms with Crippen LogP contribution in [0.5, 0.6) is 0 Å². The molecule has 0 radical (unpaired) electrons. The molecule has 0 amide bonds. The van der Waals surface area contributed by atoms with E-state index in [1.54, 1.807) is 0 Å². The molecule has 0 saturated carbocycles. The summed E-state index contributed by atoms with van der Waals surface area (Å²) in [6.07, 6.45) is -12.7. The number of hydrogen-bond acceptors (Lipinski definition) is 0. The molecule has 0 spiro atoms. The number of rotatable bonds is 1. The van der Waals surface area contributed by atoms with Crippen molar-refractivity contribution in [3.8, 4) is 0 Å². The summed E-state index contributed by atoms with van der Waals surface area (Å²) in [5.41, 5.74) is 0. The highest BCUT2D eigenvalue weighted by atomic mass is 32.3. The van der Waals surface area contributed by atoms with Crippen LogP contribution in [0.2, 0.25) is 0 Å². The Morgan fingerprint density at radius 2 is 0.923 bits per heavy atom. The molecule has 0 aliphatic rings. The van der Waals surface area contributed by atoms with Crippen LogP contribution in [0.15, 0.2) is 0 Å². The van der Waals surface area contributed by atoms with Crippen molar-refractivity contribution in [2.45, 2.75) is 17.6 Å². The second kappa shape index (κ2) is 3.14. The third-order valence-corrected chi connectivity index (χ3v) is 1.93. The van der Waals surface area contributed by atoms with E-state index in [-0.39, 0.29) is 0 Å². The first kappa shape index (κ1) is 12.7. The summed E-state index contributed by atoms with van der Waals surface area (Å²) < 4.78 is 102. The summed E-state index contributed by atoms with van der Waals surface area (Å²) >= 11 is -7.23. The molecule has 10 heteroatoms. The van der Waals surface area contributed by atoms with Gasteiger partial charge in [0.15, 0.2) is 0 Å². The van der Waals surface area contributed by atoms with Crippen molar-refractivity contribution in [3.63, 3.8) is 0 Å². The van der Waals surface area contributed by atoms with Gasteiger partial charge in [0.2, 0.25) is 11.2 Å². The van der Waals surface area contributed by atoms with Crippen molar-refractivity contribution < 1.29 is 38.0 Å². The van der Waals surface area contributed by atoms with E-state index in [0.717, 1.165) is 0 Å². The van der Waals surface area contributed by atoms with Crippen molar-refractivity contribution in [2.24, 2.45) is 0 Å². The van der Waals surface area contributed by atoms with Gasteiger partial charge in [0.1, 0.15) is 0 Å². The smallest absolute Gasteiger partial charge is 0.169 e. The van der Waals surface area contributed by atoms with Crippen LogP contribution in [0, 0.1) is 0 Å². The van der Waals surface area contributed by atoms with Gasteiger partial charge in [-0.05, 0) is 0 Å². The second-order valence-corrected chi connectivity index (χ2v) is 3.26. The Hall–Kier alpha value is -0.280. The predicted octanol–water partition coefficient (Wildman–Crippen LogP) is 3.94. The lowest BCUT2D eigenvalue weighted by atomic mass is 10.4. The molecule has 0 aliphatic heterocycles. The molecule has 0 saturated heterocycles. The molecule has 0 heterocycles. The average molecular weight is 240 g/mol. The molecule has 0 unspecified atom stereocenters. The fourth-order valence-corrected chi connectivity index (χ4v) is 1.09. The molecule has 0 aliphatic carbocycles. The van der Waals surface area contributed by atoms with Crippen LogP contribution in [0.1, 0.15) is 0 Å². The summed E-state index contributed by atoms with van der Waals surface area (Å²) in [5.74, 6) is 0. The lowest BCUT2D eigenvalue weighted by Gasteiger charge is -2.26. The lowest BCUT2D eigenvalue weighted by Crippen LogP contribution is -2.42. The summed E-state index contributed by atoms with van der Waals surface area (Å²) in [6, 6.07) is 0. The van der Waals surface area contributed by atoms with Crippen LogP contribution in [0.4, 0.5) is 38.0 Å². The van der Waals surface area contributed by atoms with Crippen LogP contribution >= 0.6 is 11.2 Å². The largest absolute Gasteiger partial charge is 0.415 e. The van der Waals surface area contributed by atoms with Crippen LogP contribution < -0.4 is 0 Å². The molecule has 0 bridgehead atoms. The van der Waals surface area contributed by atoms with E-state index in [1.807, 2.05) is 0 Å². The molecular weight excluding hydrogens is 239 g/mol. The van der Waals surface area contributed by atoms with Crippen molar-refractivity contribution >= 4 is 11.2 Å². The Bertz CT molecular complexity index is 137. The third-order valence-electron chi connectivity index (χ3n) is 0.862. The molecule has 0 aromatic rings. The van der Waals surface area contributed by atoms with Crippen LogP contribution in [0.3, 0.4) is 0 Å². The predicted molar refractivity (Wildman–Crippen MR) is 26.8 cm³/mol. The van der Waals surface area contributed by atoms with Crippen molar-refractivity contribution in [1.29, 1.82) is 0 Å². The summed E-state index contributed by atoms with van der Waals surface area (Å²) in [4.78, 5) is 0. The molecule has 13 heavy (non-hydrogen) atoms. The molecule has 0 aromatic heterocycles. The Labute approximate surface area is 67.9 Å². The van der Waals surface area contributed by atoms with Gasteiger partial charge in [0.25, 0.3) is 5.25 Å². The normalized spacial score (nSPS) is 16.5. The molecular formula is C3HF9S. The van der Waals surface area contributed by atoms with E-state index in [9.17, 15) is 38.0 Å². The molecule has 0 fully saturated rings. The van der Waals surface area contributed by atoms with Crippen molar-refractivity contribution in [2.75, 3.05) is 0 Å². The van der Waals surface area contributed by atoms with E-state index in [1.165, 1.54) is 0 Å². The van der Waals surface area contributed by atoms with Gasteiger partial charge >= 0.3 is 12.4 Å². The first-order valence-corrected chi connectivity index (χ1v) is 3.81. The summed E-state index contributed by atoms with van der Waals surface area (Å²) in [6.45, 7) is 0. The fourth-order valence-electron chi connectivity index (χ4n) is 0.489. The highest BCUT2D eigenvalue weighted by Crippen LogP contribution is 2.66. The zero-order chi connectivity index (χ0) is 11.1. The van der Waals surface area contributed by atoms with Gasteiger partial charge in [0.05, 0.1) is 0 Å². The Morgan fingerprint density at radius 3 is 0.923 bits per heavy atom. The van der Waals surface area contributed by atoms with Crippen LogP contribution in [-0.4, -0.2) is 17.6 Å². The fraction of sp³-hybridized carbons (Fsp3) is 1.00. The first-order chi connectivity index (χ1) is 5.37.